The summed E-state index contributed by atoms with van der Waals surface area (Å²) >= 11 is 0. The van der Waals surface area contributed by atoms with Crippen LogP contribution in [0.5, 0.6) is 0 Å². The summed E-state index contributed by atoms with van der Waals surface area (Å²) in [7, 11) is 0. The molecule has 96 valence electrons. The van der Waals surface area contributed by atoms with Crippen LogP contribution in [0.15, 0.2) is 0 Å². The molecule has 1 amide bonds. The summed E-state index contributed by atoms with van der Waals surface area (Å²) in [5.41, 5.74) is -0.265. The normalized spacial score (nSPS) is 13.3. The Morgan fingerprint density at radius 3 is 2.50 bits per heavy atom. The van der Waals surface area contributed by atoms with Crippen LogP contribution >= 0.6 is 0 Å². The van der Waals surface area contributed by atoms with Gasteiger partial charge in [-0.15, -0.1) is 0 Å². The van der Waals surface area contributed by atoms with Crippen molar-refractivity contribution in [2.45, 2.75) is 65.0 Å². The lowest BCUT2D eigenvalue weighted by atomic mass is 10.1. The van der Waals surface area contributed by atoms with Gasteiger partial charge in [-0.1, -0.05) is 13.3 Å². The molecule has 4 nitrogen and oxygen atoms in total. The SMILES string of the molecule is CCCC(O)CCCOC(=O)NC(C)(C)C. The summed E-state index contributed by atoms with van der Waals surface area (Å²) in [6, 6.07) is 0. The van der Waals surface area contributed by atoms with E-state index < -0.39 is 6.09 Å². The van der Waals surface area contributed by atoms with E-state index in [1.165, 1.54) is 0 Å². The minimum absolute atomic E-state index is 0.265. The van der Waals surface area contributed by atoms with Crippen LogP contribution in [0.25, 0.3) is 0 Å². The lowest BCUT2D eigenvalue weighted by molar-refractivity contribution is 0.115. The number of hydrogen-bond donors (Lipinski definition) is 2. The molecule has 0 aromatic rings. The minimum Gasteiger partial charge on any atom is -0.450 e. The van der Waals surface area contributed by atoms with E-state index >= 15 is 0 Å². The predicted octanol–water partition coefficient (Wildman–Crippen LogP) is 2.45. The molecule has 2 N–H and O–H groups in total. The van der Waals surface area contributed by atoms with Gasteiger partial charge >= 0.3 is 6.09 Å². The average Bonchev–Trinajstić information content (AvgIpc) is 2.10. The van der Waals surface area contributed by atoms with Crippen molar-refractivity contribution < 1.29 is 14.6 Å². The highest BCUT2D eigenvalue weighted by atomic mass is 16.5. The molecule has 16 heavy (non-hydrogen) atoms. The fourth-order valence-electron chi connectivity index (χ4n) is 1.30. The van der Waals surface area contributed by atoms with Gasteiger partial charge in [-0.25, -0.2) is 4.79 Å². The Hall–Kier alpha value is -0.770. The van der Waals surface area contributed by atoms with Crippen molar-refractivity contribution in [2.24, 2.45) is 0 Å². The monoisotopic (exact) mass is 231 g/mol. The second kappa shape index (κ2) is 7.49. The van der Waals surface area contributed by atoms with Crippen molar-refractivity contribution in [3.63, 3.8) is 0 Å². The van der Waals surface area contributed by atoms with Crippen molar-refractivity contribution in [2.75, 3.05) is 6.61 Å². The number of ether oxygens (including phenoxy) is 1. The van der Waals surface area contributed by atoms with Crippen molar-refractivity contribution in [3.8, 4) is 0 Å². The first kappa shape index (κ1) is 15.2. The zero-order valence-corrected chi connectivity index (χ0v) is 10.9. The molecule has 0 radical (unpaired) electrons. The maximum atomic E-state index is 11.2. The van der Waals surface area contributed by atoms with Crippen LogP contribution < -0.4 is 5.32 Å². The number of aliphatic hydroxyl groups excluding tert-OH is 1. The van der Waals surface area contributed by atoms with Crippen LogP contribution in [0.3, 0.4) is 0 Å². The summed E-state index contributed by atoms with van der Waals surface area (Å²) in [5, 5.41) is 12.2. The van der Waals surface area contributed by atoms with E-state index in [0.717, 1.165) is 12.8 Å². The molecule has 0 saturated carbocycles. The quantitative estimate of drug-likeness (QED) is 0.690. The Morgan fingerprint density at radius 2 is 2.00 bits per heavy atom. The number of alkyl carbamates (subject to hydrolysis) is 1. The van der Waals surface area contributed by atoms with Crippen molar-refractivity contribution in [3.05, 3.63) is 0 Å². The molecule has 0 aromatic heterocycles. The van der Waals surface area contributed by atoms with Gasteiger partial charge in [0, 0.05) is 5.54 Å². The predicted molar refractivity (Wildman–Crippen MR) is 64.4 cm³/mol. The molecule has 1 unspecified atom stereocenters. The molecule has 1 atom stereocenters. The van der Waals surface area contributed by atoms with Gasteiger partial charge in [-0.05, 0) is 40.0 Å². The van der Waals surface area contributed by atoms with E-state index in [1.54, 1.807) is 0 Å². The molecule has 0 rings (SSSR count). The van der Waals surface area contributed by atoms with Gasteiger partial charge in [0.1, 0.15) is 0 Å². The van der Waals surface area contributed by atoms with E-state index in [1.807, 2.05) is 27.7 Å². The highest BCUT2D eigenvalue weighted by molar-refractivity contribution is 5.67. The first-order valence-corrected chi connectivity index (χ1v) is 5.98. The molecule has 0 saturated heterocycles. The Bertz CT molecular complexity index is 199. The molecule has 4 heteroatoms. The molecule has 0 bridgehead atoms. The number of amides is 1. The molecule has 0 aliphatic carbocycles. The standard InChI is InChI=1S/C12H25NO3/c1-5-7-10(14)8-6-9-16-11(15)13-12(2,3)4/h10,14H,5-9H2,1-4H3,(H,13,15). The summed E-state index contributed by atoms with van der Waals surface area (Å²) in [6.07, 6.45) is 2.53. The smallest absolute Gasteiger partial charge is 0.407 e. The van der Waals surface area contributed by atoms with Crippen molar-refractivity contribution in [1.29, 1.82) is 0 Å². The Labute approximate surface area is 98.4 Å². The maximum absolute atomic E-state index is 11.2. The van der Waals surface area contributed by atoms with Gasteiger partial charge in [0.15, 0.2) is 0 Å². The molecule has 0 fully saturated rings. The number of aliphatic hydroxyl groups is 1. The third-order valence-electron chi connectivity index (χ3n) is 2.01. The second-order valence-corrected chi connectivity index (χ2v) is 5.10. The van der Waals surface area contributed by atoms with E-state index in [2.05, 4.69) is 5.32 Å². The Morgan fingerprint density at radius 1 is 1.38 bits per heavy atom. The summed E-state index contributed by atoms with van der Waals surface area (Å²) in [6.45, 7) is 8.11. The van der Waals surface area contributed by atoms with Crippen LogP contribution in [0.4, 0.5) is 4.79 Å². The van der Waals surface area contributed by atoms with Crippen LogP contribution in [0, 0.1) is 0 Å². The molecule has 0 spiro atoms. The van der Waals surface area contributed by atoms with Gasteiger partial charge in [0.05, 0.1) is 12.7 Å². The molecular weight excluding hydrogens is 206 g/mol. The van der Waals surface area contributed by atoms with Gasteiger partial charge in [-0.2, -0.15) is 0 Å². The Kier molecular flexibility index (Phi) is 7.13. The van der Waals surface area contributed by atoms with Crippen molar-refractivity contribution >= 4 is 6.09 Å². The molecule has 0 aliphatic rings. The van der Waals surface area contributed by atoms with E-state index in [4.69, 9.17) is 4.74 Å². The number of carbonyl (C=O) groups excluding carboxylic acids is 1. The number of rotatable bonds is 6. The average molecular weight is 231 g/mol. The third kappa shape index (κ3) is 9.77. The number of hydrogen-bond acceptors (Lipinski definition) is 3. The first-order chi connectivity index (χ1) is 7.35. The molecule has 0 aromatic carbocycles. The maximum Gasteiger partial charge on any atom is 0.407 e. The zero-order valence-electron chi connectivity index (χ0n) is 10.9. The van der Waals surface area contributed by atoms with Gasteiger partial charge in [0.25, 0.3) is 0 Å². The van der Waals surface area contributed by atoms with Gasteiger partial charge in [-0.3, -0.25) is 0 Å². The largest absolute Gasteiger partial charge is 0.450 e. The van der Waals surface area contributed by atoms with Crippen LogP contribution in [-0.2, 0) is 4.74 Å². The lowest BCUT2D eigenvalue weighted by Gasteiger charge is -2.20. The third-order valence-corrected chi connectivity index (χ3v) is 2.01. The molecular formula is C12H25NO3. The van der Waals surface area contributed by atoms with Crippen LogP contribution in [0.2, 0.25) is 0 Å². The topological polar surface area (TPSA) is 58.6 Å². The van der Waals surface area contributed by atoms with E-state index in [-0.39, 0.29) is 11.6 Å². The number of carbonyl (C=O) groups is 1. The Balaban J connectivity index is 3.48. The molecule has 0 aliphatic heterocycles. The minimum atomic E-state index is -0.391. The summed E-state index contributed by atoms with van der Waals surface area (Å²) < 4.78 is 4.99. The van der Waals surface area contributed by atoms with E-state index in [0.29, 0.717) is 19.4 Å². The van der Waals surface area contributed by atoms with Crippen molar-refractivity contribution in [1.82, 2.24) is 5.32 Å². The van der Waals surface area contributed by atoms with Crippen LogP contribution in [-0.4, -0.2) is 29.4 Å². The van der Waals surface area contributed by atoms with Gasteiger partial charge < -0.3 is 15.2 Å². The fourth-order valence-corrected chi connectivity index (χ4v) is 1.30. The number of nitrogens with one attached hydrogen (secondary N) is 1. The van der Waals surface area contributed by atoms with Gasteiger partial charge in [0.2, 0.25) is 0 Å². The second-order valence-electron chi connectivity index (χ2n) is 5.10. The zero-order chi connectivity index (χ0) is 12.6. The highest BCUT2D eigenvalue weighted by Gasteiger charge is 2.14. The molecule has 0 heterocycles. The summed E-state index contributed by atoms with van der Waals surface area (Å²) in [5.74, 6) is 0. The van der Waals surface area contributed by atoms with Crippen LogP contribution in [0.1, 0.15) is 53.4 Å². The first-order valence-electron chi connectivity index (χ1n) is 5.98. The lowest BCUT2D eigenvalue weighted by Crippen LogP contribution is -2.41. The fraction of sp³-hybridized carbons (Fsp3) is 0.917. The highest BCUT2D eigenvalue weighted by Crippen LogP contribution is 2.05. The summed E-state index contributed by atoms with van der Waals surface area (Å²) in [4.78, 5) is 11.2. The van der Waals surface area contributed by atoms with E-state index in [9.17, 15) is 9.90 Å².